The maximum atomic E-state index is 9.64. The first kappa shape index (κ1) is 17.5. The largest absolute Gasteiger partial charge is 0.383 e. The van der Waals surface area contributed by atoms with Gasteiger partial charge in [-0.25, -0.2) is 4.98 Å². The summed E-state index contributed by atoms with van der Waals surface area (Å²) in [4.78, 5) is 6.74. The molecule has 1 fully saturated rings. The standard InChI is InChI=1S/C20H27N5/c1-13-5-6-15-17(11-13)23-19(22)16(12-21)18(15)25-9-7-14(8-10-25)24-20(2,3)4/h5-6,11,14,24H,7-10H2,1-4H3,(H2,22,23). The van der Waals surface area contributed by atoms with E-state index in [1.165, 1.54) is 0 Å². The molecule has 1 aromatic carbocycles. The van der Waals surface area contributed by atoms with Crippen molar-refractivity contribution in [1.29, 1.82) is 5.26 Å². The first-order chi connectivity index (χ1) is 11.8. The highest BCUT2D eigenvalue weighted by atomic mass is 15.2. The van der Waals surface area contributed by atoms with Gasteiger partial charge in [-0.1, -0.05) is 12.1 Å². The number of fused-ring (bicyclic) bond motifs is 1. The summed E-state index contributed by atoms with van der Waals surface area (Å²) in [7, 11) is 0. The van der Waals surface area contributed by atoms with Crippen LogP contribution in [0.4, 0.5) is 11.5 Å². The minimum Gasteiger partial charge on any atom is -0.383 e. The lowest BCUT2D eigenvalue weighted by Gasteiger charge is -2.38. The third-order valence-corrected chi connectivity index (χ3v) is 4.70. The van der Waals surface area contributed by atoms with Crippen LogP contribution in [0, 0.1) is 18.3 Å². The molecule has 0 atom stereocenters. The number of piperidine rings is 1. The van der Waals surface area contributed by atoms with Crippen molar-refractivity contribution in [2.75, 3.05) is 23.7 Å². The fourth-order valence-corrected chi connectivity index (χ4v) is 3.67. The van der Waals surface area contributed by atoms with Crippen molar-refractivity contribution < 1.29 is 0 Å². The summed E-state index contributed by atoms with van der Waals surface area (Å²) in [5.41, 5.74) is 9.66. The third kappa shape index (κ3) is 3.69. The molecule has 5 heteroatoms. The zero-order chi connectivity index (χ0) is 18.2. The van der Waals surface area contributed by atoms with Crippen LogP contribution < -0.4 is 16.0 Å². The molecule has 1 saturated heterocycles. The van der Waals surface area contributed by atoms with Gasteiger partial charge >= 0.3 is 0 Å². The minimum absolute atomic E-state index is 0.121. The number of nitrogens with zero attached hydrogens (tertiary/aromatic N) is 3. The van der Waals surface area contributed by atoms with Gasteiger partial charge in [-0.3, -0.25) is 0 Å². The van der Waals surface area contributed by atoms with Crippen LogP contribution in [-0.4, -0.2) is 29.7 Å². The van der Waals surface area contributed by atoms with E-state index in [4.69, 9.17) is 5.73 Å². The summed E-state index contributed by atoms with van der Waals surface area (Å²) in [6.07, 6.45) is 2.11. The molecule has 0 aliphatic carbocycles. The average Bonchev–Trinajstić information content (AvgIpc) is 2.52. The van der Waals surface area contributed by atoms with Crippen molar-refractivity contribution in [1.82, 2.24) is 10.3 Å². The maximum absolute atomic E-state index is 9.64. The van der Waals surface area contributed by atoms with Crippen molar-refractivity contribution in [2.45, 2.75) is 52.1 Å². The van der Waals surface area contributed by atoms with Gasteiger partial charge in [0.15, 0.2) is 0 Å². The fourth-order valence-electron chi connectivity index (χ4n) is 3.67. The first-order valence-electron chi connectivity index (χ1n) is 8.91. The first-order valence-corrected chi connectivity index (χ1v) is 8.91. The van der Waals surface area contributed by atoms with Gasteiger partial charge in [0.05, 0.1) is 11.2 Å². The summed E-state index contributed by atoms with van der Waals surface area (Å²) in [5.74, 6) is 0.325. The Morgan fingerprint density at radius 2 is 1.96 bits per heavy atom. The van der Waals surface area contributed by atoms with Gasteiger partial charge in [0.1, 0.15) is 17.5 Å². The van der Waals surface area contributed by atoms with Gasteiger partial charge in [-0.05, 0) is 52.2 Å². The SMILES string of the molecule is Cc1ccc2c(N3CCC(NC(C)(C)C)CC3)c(C#N)c(N)nc2c1. The van der Waals surface area contributed by atoms with Crippen molar-refractivity contribution in [3.8, 4) is 6.07 Å². The summed E-state index contributed by atoms with van der Waals surface area (Å²) in [5, 5.41) is 14.3. The lowest BCUT2D eigenvalue weighted by Crippen LogP contribution is -2.49. The summed E-state index contributed by atoms with van der Waals surface area (Å²) < 4.78 is 0. The number of rotatable bonds is 2. The second-order valence-corrected chi connectivity index (χ2v) is 8.01. The summed E-state index contributed by atoms with van der Waals surface area (Å²) in [6.45, 7) is 10.5. The number of nitrogen functional groups attached to an aromatic ring is 1. The Bertz CT molecular complexity index is 821. The Kier molecular flexibility index (Phi) is 4.57. The van der Waals surface area contributed by atoms with Gasteiger partial charge in [-0.2, -0.15) is 5.26 Å². The molecule has 1 aliphatic heterocycles. The molecule has 2 heterocycles. The quantitative estimate of drug-likeness (QED) is 0.878. The van der Waals surface area contributed by atoms with Gasteiger partial charge in [0, 0.05) is 30.1 Å². The van der Waals surface area contributed by atoms with E-state index in [0.29, 0.717) is 17.4 Å². The molecule has 0 unspecified atom stereocenters. The molecule has 0 bridgehead atoms. The van der Waals surface area contributed by atoms with Crippen LogP contribution in [0.1, 0.15) is 44.7 Å². The van der Waals surface area contributed by atoms with Crippen LogP contribution in [0.2, 0.25) is 0 Å². The number of nitriles is 1. The molecule has 3 rings (SSSR count). The topological polar surface area (TPSA) is 78.0 Å². The van der Waals surface area contributed by atoms with Crippen molar-refractivity contribution in [3.63, 3.8) is 0 Å². The van der Waals surface area contributed by atoms with Gasteiger partial charge < -0.3 is 16.0 Å². The van der Waals surface area contributed by atoms with Crippen LogP contribution >= 0.6 is 0 Å². The van der Waals surface area contributed by atoms with Crippen LogP contribution in [0.25, 0.3) is 10.9 Å². The second-order valence-electron chi connectivity index (χ2n) is 8.01. The average molecular weight is 337 g/mol. The molecule has 3 N–H and O–H groups in total. The van der Waals surface area contributed by atoms with Gasteiger partial charge in [-0.15, -0.1) is 0 Å². The normalized spacial score (nSPS) is 16.2. The molecule has 0 saturated carbocycles. The van der Waals surface area contributed by atoms with Crippen LogP contribution in [0.3, 0.4) is 0 Å². The molecular weight excluding hydrogens is 310 g/mol. The number of anilines is 2. The van der Waals surface area contributed by atoms with E-state index in [0.717, 1.165) is 48.1 Å². The fraction of sp³-hybridized carbons (Fsp3) is 0.500. The number of hydrogen-bond acceptors (Lipinski definition) is 5. The van der Waals surface area contributed by atoms with Crippen molar-refractivity contribution in [2.24, 2.45) is 0 Å². The predicted octanol–water partition coefficient (Wildman–Crippen LogP) is 3.35. The van der Waals surface area contributed by atoms with E-state index < -0.39 is 0 Å². The van der Waals surface area contributed by atoms with E-state index in [9.17, 15) is 5.26 Å². The molecule has 0 amide bonds. The Labute approximate surface area is 149 Å². The third-order valence-electron chi connectivity index (χ3n) is 4.70. The minimum atomic E-state index is 0.121. The second kappa shape index (κ2) is 6.53. The lowest BCUT2D eigenvalue weighted by molar-refractivity contribution is 0.317. The van der Waals surface area contributed by atoms with E-state index in [-0.39, 0.29) is 5.54 Å². The predicted molar refractivity (Wildman–Crippen MR) is 104 cm³/mol. The number of nitrogens with one attached hydrogen (secondary N) is 1. The lowest BCUT2D eigenvalue weighted by atomic mass is 9.98. The molecule has 5 nitrogen and oxygen atoms in total. The Balaban J connectivity index is 1.95. The molecular formula is C20H27N5. The molecule has 1 aliphatic rings. The number of hydrogen-bond donors (Lipinski definition) is 2. The van der Waals surface area contributed by atoms with Crippen LogP contribution in [-0.2, 0) is 0 Å². The number of nitrogens with two attached hydrogens (primary N) is 1. The van der Waals surface area contributed by atoms with E-state index >= 15 is 0 Å². The number of aromatic nitrogens is 1. The molecule has 132 valence electrons. The van der Waals surface area contributed by atoms with Gasteiger partial charge in [0.2, 0.25) is 0 Å². The van der Waals surface area contributed by atoms with E-state index in [1.807, 2.05) is 13.0 Å². The maximum Gasteiger partial charge on any atom is 0.144 e. The van der Waals surface area contributed by atoms with Crippen LogP contribution in [0.15, 0.2) is 18.2 Å². The molecule has 0 radical (unpaired) electrons. The Morgan fingerprint density at radius 3 is 2.56 bits per heavy atom. The van der Waals surface area contributed by atoms with E-state index in [1.54, 1.807) is 0 Å². The van der Waals surface area contributed by atoms with E-state index in [2.05, 4.69) is 54.2 Å². The number of aryl methyl sites for hydroxylation is 1. The molecule has 0 spiro atoms. The number of pyridine rings is 1. The smallest absolute Gasteiger partial charge is 0.144 e. The highest BCUT2D eigenvalue weighted by Crippen LogP contribution is 2.34. The monoisotopic (exact) mass is 337 g/mol. The summed E-state index contributed by atoms with van der Waals surface area (Å²) >= 11 is 0. The number of benzene rings is 1. The van der Waals surface area contributed by atoms with Gasteiger partial charge in [0.25, 0.3) is 0 Å². The Morgan fingerprint density at radius 1 is 1.28 bits per heavy atom. The summed E-state index contributed by atoms with van der Waals surface area (Å²) in [6, 6.07) is 8.94. The van der Waals surface area contributed by atoms with Crippen molar-refractivity contribution >= 4 is 22.4 Å². The van der Waals surface area contributed by atoms with Crippen LogP contribution in [0.5, 0.6) is 0 Å². The zero-order valence-corrected chi connectivity index (χ0v) is 15.6. The Hall–Kier alpha value is -2.32. The molecule has 2 aromatic rings. The molecule has 25 heavy (non-hydrogen) atoms. The molecule has 1 aromatic heterocycles. The zero-order valence-electron chi connectivity index (χ0n) is 15.6. The highest BCUT2D eigenvalue weighted by Gasteiger charge is 2.26. The highest BCUT2D eigenvalue weighted by molar-refractivity contribution is 5.97. The van der Waals surface area contributed by atoms with Crippen molar-refractivity contribution in [3.05, 3.63) is 29.3 Å².